The van der Waals surface area contributed by atoms with Crippen molar-refractivity contribution in [2.75, 3.05) is 12.3 Å². The lowest BCUT2D eigenvalue weighted by Crippen LogP contribution is -2.25. The topological polar surface area (TPSA) is 83.8 Å². The maximum Gasteiger partial charge on any atom is 0.268 e. The lowest BCUT2D eigenvalue weighted by Gasteiger charge is -2.02. The number of aromatic nitrogens is 1. The molecule has 6 heteroatoms. The van der Waals surface area contributed by atoms with Crippen LogP contribution in [0.4, 0.5) is 5.69 Å². The van der Waals surface area contributed by atoms with Gasteiger partial charge < -0.3 is 15.6 Å². The third kappa shape index (κ3) is 3.52. The number of nitrogen functional groups attached to an aromatic ring is 1. The fraction of sp³-hybridized carbons (Fsp3) is 0.333. The Morgan fingerprint density at radius 2 is 2.40 bits per heavy atom. The van der Waals surface area contributed by atoms with Gasteiger partial charge in [-0.3, -0.25) is 4.79 Å². The second-order valence-electron chi connectivity index (χ2n) is 2.93. The standard InChI is InChI=1S/C9H12N4O.ClH/c1-13-6-7(11)5-8(13)9(14)12-4-2-3-10;/h5-6H,2,4,11H2,1H3,(H,12,14);1H. The van der Waals surface area contributed by atoms with Crippen molar-refractivity contribution < 1.29 is 4.79 Å². The van der Waals surface area contributed by atoms with Gasteiger partial charge in [-0.1, -0.05) is 0 Å². The molecule has 0 saturated carbocycles. The highest BCUT2D eigenvalue weighted by Crippen LogP contribution is 2.07. The third-order valence-electron chi connectivity index (χ3n) is 1.78. The normalized spacial score (nSPS) is 8.80. The number of aryl methyl sites for hydroxylation is 1. The van der Waals surface area contributed by atoms with Gasteiger partial charge >= 0.3 is 0 Å². The molecule has 0 atom stereocenters. The number of nitrogens with one attached hydrogen (secondary N) is 1. The average Bonchev–Trinajstić information content (AvgIpc) is 2.45. The van der Waals surface area contributed by atoms with Gasteiger partial charge in [0.1, 0.15) is 5.69 Å². The van der Waals surface area contributed by atoms with Gasteiger partial charge in [-0.25, -0.2) is 0 Å². The molecule has 1 aromatic rings. The SMILES string of the molecule is Cl.Cn1cc(N)cc1C(=O)NCCC#N. The van der Waals surface area contributed by atoms with Gasteiger partial charge in [0.15, 0.2) is 0 Å². The highest BCUT2D eigenvalue weighted by Gasteiger charge is 2.09. The molecule has 0 unspecified atom stereocenters. The molecule has 0 aliphatic heterocycles. The van der Waals surface area contributed by atoms with E-state index in [-0.39, 0.29) is 18.3 Å². The number of carbonyl (C=O) groups excluding carboxylic acids is 1. The predicted octanol–water partition coefficient (Wildman–Crippen LogP) is 0.673. The molecule has 3 N–H and O–H groups in total. The third-order valence-corrected chi connectivity index (χ3v) is 1.78. The van der Waals surface area contributed by atoms with E-state index in [0.717, 1.165) is 0 Å². The van der Waals surface area contributed by atoms with E-state index in [1.807, 2.05) is 6.07 Å². The van der Waals surface area contributed by atoms with Crippen LogP contribution in [0.5, 0.6) is 0 Å². The van der Waals surface area contributed by atoms with Crippen molar-refractivity contribution in [1.29, 1.82) is 5.26 Å². The Morgan fingerprint density at radius 3 is 2.87 bits per heavy atom. The molecule has 82 valence electrons. The first-order valence-corrected chi connectivity index (χ1v) is 4.22. The van der Waals surface area contributed by atoms with E-state index in [9.17, 15) is 4.79 Å². The van der Waals surface area contributed by atoms with Crippen LogP contribution in [0, 0.1) is 11.3 Å². The molecule has 0 bridgehead atoms. The van der Waals surface area contributed by atoms with Gasteiger partial charge in [0, 0.05) is 19.8 Å². The van der Waals surface area contributed by atoms with Crippen LogP contribution in [0.3, 0.4) is 0 Å². The summed E-state index contributed by atoms with van der Waals surface area (Å²) in [4.78, 5) is 11.5. The lowest BCUT2D eigenvalue weighted by molar-refractivity contribution is 0.0946. The number of nitriles is 1. The summed E-state index contributed by atoms with van der Waals surface area (Å²) in [5, 5.41) is 10.9. The summed E-state index contributed by atoms with van der Waals surface area (Å²) in [6.07, 6.45) is 1.98. The van der Waals surface area contributed by atoms with Gasteiger partial charge in [0.2, 0.25) is 0 Å². The number of hydrogen-bond acceptors (Lipinski definition) is 3. The van der Waals surface area contributed by atoms with Crippen LogP contribution >= 0.6 is 12.4 Å². The van der Waals surface area contributed by atoms with E-state index in [1.54, 1.807) is 23.9 Å². The molecule has 1 aromatic heterocycles. The summed E-state index contributed by atoms with van der Waals surface area (Å²) in [5.74, 6) is -0.209. The average molecular weight is 229 g/mol. The Balaban J connectivity index is 0.00000196. The van der Waals surface area contributed by atoms with Crippen molar-refractivity contribution in [2.45, 2.75) is 6.42 Å². The molecule has 15 heavy (non-hydrogen) atoms. The van der Waals surface area contributed by atoms with Gasteiger partial charge in [-0.05, 0) is 6.07 Å². The lowest BCUT2D eigenvalue weighted by atomic mass is 10.3. The van der Waals surface area contributed by atoms with Gasteiger partial charge in [0.25, 0.3) is 5.91 Å². The van der Waals surface area contributed by atoms with Crippen LogP contribution in [0.1, 0.15) is 16.9 Å². The van der Waals surface area contributed by atoms with Crippen LogP contribution in [0.15, 0.2) is 12.3 Å². The van der Waals surface area contributed by atoms with Crippen molar-refractivity contribution in [1.82, 2.24) is 9.88 Å². The number of nitrogens with two attached hydrogens (primary N) is 1. The molecule has 1 amide bonds. The number of anilines is 1. The van der Waals surface area contributed by atoms with E-state index in [4.69, 9.17) is 11.0 Å². The zero-order chi connectivity index (χ0) is 10.6. The van der Waals surface area contributed by atoms with Crippen molar-refractivity contribution in [2.24, 2.45) is 7.05 Å². The Morgan fingerprint density at radius 1 is 1.73 bits per heavy atom. The number of halogens is 1. The maximum atomic E-state index is 11.5. The molecule has 5 nitrogen and oxygen atoms in total. The van der Waals surface area contributed by atoms with Gasteiger partial charge in [0.05, 0.1) is 18.2 Å². The van der Waals surface area contributed by atoms with E-state index in [1.165, 1.54) is 0 Å². The highest BCUT2D eigenvalue weighted by atomic mass is 35.5. The summed E-state index contributed by atoms with van der Waals surface area (Å²) in [6, 6.07) is 3.55. The summed E-state index contributed by atoms with van der Waals surface area (Å²) >= 11 is 0. The Labute approximate surface area is 94.3 Å². The molecule has 0 fully saturated rings. The molecule has 0 saturated heterocycles. The van der Waals surface area contributed by atoms with Crippen LogP contribution in [-0.4, -0.2) is 17.0 Å². The minimum absolute atomic E-state index is 0. The fourth-order valence-electron chi connectivity index (χ4n) is 1.14. The number of rotatable bonds is 3. The molecule has 0 spiro atoms. The summed E-state index contributed by atoms with van der Waals surface area (Å²) < 4.78 is 1.65. The smallest absolute Gasteiger partial charge is 0.268 e. The van der Waals surface area contributed by atoms with Crippen molar-refractivity contribution in [3.05, 3.63) is 18.0 Å². The van der Waals surface area contributed by atoms with Crippen LogP contribution in [0.2, 0.25) is 0 Å². The Bertz CT molecular complexity index is 380. The molecular weight excluding hydrogens is 216 g/mol. The fourth-order valence-corrected chi connectivity index (χ4v) is 1.14. The van der Waals surface area contributed by atoms with Gasteiger partial charge in [-0.15, -0.1) is 12.4 Å². The first-order chi connectivity index (χ1) is 6.65. The largest absolute Gasteiger partial charge is 0.397 e. The predicted molar refractivity (Wildman–Crippen MR) is 59.6 cm³/mol. The second kappa shape index (κ2) is 5.94. The summed E-state index contributed by atoms with van der Waals surface area (Å²) in [5.41, 5.74) is 6.57. The Kier molecular flexibility index (Phi) is 5.27. The van der Waals surface area contributed by atoms with Crippen molar-refractivity contribution in [3.63, 3.8) is 0 Å². The first kappa shape index (κ1) is 13.3. The molecule has 1 heterocycles. The number of carbonyl (C=O) groups is 1. The quantitative estimate of drug-likeness (QED) is 0.746. The second-order valence-corrected chi connectivity index (χ2v) is 2.93. The van der Waals surface area contributed by atoms with Crippen molar-refractivity contribution in [3.8, 4) is 6.07 Å². The van der Waals surface area contributed by atoms with E-state index in [0.29, 0.717) is 24.3 Å². The zero-order valence-corrected chi connectivity index (χ0v) is 9.17. The molecule has 0 aliphatic rings. The minimum atomic E-state index is -0.209. The molecule has 0 aliphatic carbocycles. The highest BCUT2D eigenvalue weighted by molar-refractivity contribution is 5.93. The van der Waals surface area contributed by atoms with E-state index >= 15 is 0 Å². The molecule has 0 radical (unpaired) electrons. The van der Waals surface area contributed by atoms with Gasteiger partial charge in [-0.2, -0.15) is 5.26 Å². The molecule has 0 aromatic carbocycles. The summed E-state index contributed by atoms with van der Waals surface area (Å²) in [7, 11) is 1.75. The monoisotopic (exact) mass is 228 g/mol. The van der Waals surface area contributed by atoms with Crippen molar-refractivity contribution >= 4 is 24.0 Å². The molecule has 1 rings (SSSR count). The van der Waals surface area contributed by atoms with E-state index < -0.39 is 0 Å². The number of nitrogens with zero attached hydrogens (tertiary/aromatic N) is 2. The molecular formula is C9H13ClN4O. The maximum absolute atomic E-state index is 11.5. The first-order valence-electron chi connectivity index (χ1n) is 4.22. The number of amides is 1. The van der Waals surface area contributed by atoms with E-state index in [2.05, 4.69) is 5.32 Å². The van der Waals surface area contributed by atoms with Crippen LogP contribution < -0.4 is 11.1 Å². The summed E-state index contributed by atoms with van der Waals surface area (Å²) in [6.45, 7) is 0.362. The van der Waals surface area contributed by atoms with Crippen LogP contribution in [0.25, 0.3) is 0 Å². The van der Waals surface area contributed by atoms with Crippen LogP contribution in [-0.2, 0) is 7.05 Å². The zero-order valence-electron chi connectivity index (χ0n) is 8.36. The minimum Gasteiger partial charge on any atom is -0.397 e. The Hall–Kier alpha value is -1.67. The number of hydrogen-bond donors (Lipinski definition) is 2.